The Bertz CT molecular complexity index is 436. The average Bonchev–Trinajstić information content (AvgIpc) is 2.23. The Labute approximate surface area is 115 Å². The Morgan fingerprint density at radius 3 is 2.16 bits per heavy atom. The van der Waals surface area contributed by atoms with Gasteiger partial charge in [-0.2, -0.15) is 0 Å². The Balaban J connectivity index is 2.71. The molecule has 0 bridgehead atoms. The Morgan fingerprint density at radius 2 is 1.63 bits per heavy atom. The van der Waals surface area contributed by atoms with Crippen molar-refractivity contribution < 1.29 is 14.3 Å². The molecule has 0 unspecified atom stereocenters. The molecular weight excluding hydrogens is 240 g/mol. The van der Waals surface area contributed by atoms with Gasteiger partial charge in [0.1, 0.15) is 11.4 Å². The van der Waals surface area contributed by atoms with Gasteiger partial charge in [0.15, 0.2) is 6.61 Å². The summed E-state index contributed by atoms with van der Waals surface area (Å²) in [6.07, 6.45) is 0. The largest absolute Gasteiger partial charge is 0.482 e. The summed E-state index contributed by atoms with van der Waals surface area (Å²) in [4.78, 5) is 11.6. The zero-order valence-electron chi connectivity index (χ0n) is 12.7. The number of esters is 1. The Kier molecular flexibility index (Phi) is 4.61. The molecule has 1 aromatic rings. The molecule has 1 rings (SSSR count). The first-order valence-electron chi connectivity index (χ1n) is 6.54. The molecule has 106 valence electrons. The van der Waals surface area contributed by atoms with Crippen LogP contribution in [-0.4, -0.2) is 18.2 Å². The van der Waals surface area contributed by atoms with Crippen molar-refractivity contribution in [2.24, 2.45) is 0 Å². The number of benzene rings is 1. The van der Waals surface area contributed by atoms with Crippen LogP contribution in [0.1, 0.15) is 47.1 Å². The van der Waals surface area contributed by atoms with E-state index in [0.717, 1.165) is 11.3 Å². The summed E-state index contributed by atoms with van der Waals surface area (Å²) in [5.41, 5.74) is 0.577. The lowest BCUT2D eigenvalue weighted by molar-refractivity contribution is -0.157. The fraction of sp³-hybridized carbons (Fsp3) is 0.562. The quantitative estimate of drug-likeness (QED) is 0.781. The third-order valence-corrected chi connectivity index (χ3v) is 2.46. The zero-order valence-corrected chi connectivity index (χ0v) is 12.7. The molecule has 0 radical (unpaired) electrons. The van der Waals surface area contributed by atoms with E-state index in [0.29, 0.717) is 0 Å². The second-order valence-corrected chi connectivity index (χ2v) is 6.62. The summed E-state index contributed by atoms with van der Waals surface area (Å²) >= 11 is 0. The molecule has 0 saturated heterocycles. The van der Waals surface area contributed by atoms with Crippen molar-refractivity contribution in [1.82, 2.24) is 0 Å². The van der Waals surface area contributed by atoms with E-state index in [9.17, 15) is 4.79 Å². The lowest BCUT2D eigenvalue weighted by Crippen LogP contribution is -2.27. The summed E-state index contributed by atoms with van der Waals surface area (Å²) in [5, 5.41) is 0. The second kappa shape index (κ2) is 5.64. The summed E-state index contributed by atoms with van der Waals surface area (Å²) < 4.78 is 10.8. The second-order valence-electron chi connectivity index (χ2n) is 6.62. The van der Waals surface area contributed by atoms with Crippen molar-refractivity contribution in [3.8, 4) is 5.75 Å². The van der Waals surface area contributed by atoms with E-state index in [2.05, 4.69) is 20.8 Å². The SMILES string of the molecule is CC(C)(C)OC(=O)COc1ccccc1C(C)(C)C. The van der Waals surface area contributed by atoms with E-state index in [1.807, 2.05) is 45.0 Å². The van der Waals surface area contributed by atoms with E-state index in [-0.39, 0.29) is 18.0 Å². The van der Waals surface area contributed by atoms with Crippen LogP contribution < -0.4 is 4.74 Å². The molecule has 0 fully saturated rings. The summed E-state index contributed by atoms with van der Waals surface area (Å²) in [6.45, 7) is 11.8. The van der Waals surface area contributed by atoms with Crippen molar-refractivity contribution in [3.63, 3.8) is 0 Å². The molecule has 0 aliphatic rings. The highest BCUT2D eigenvalue weighted by Crippen LogP contribution is 2.30. The Morgan fingerprint density at radius 1 is 1.05 bits per heavy atom. The number of rotatable bonds is 3. The monoisotopic (exact) mass is 264 g/mol. The summed E-state index contributed by atoms with van der Waals surface area (Å²) in [7, 11) is 0. The maximum atomic E-state index is 11.6. The molecule has 0 aromatic heterocycles. The zero-order chi connectivity index (χ0) is 14.7. The van der Waals surface area contributed by atoms with Gasteiger partial charge in [-0.05, 0) is 37.8 Å². The van der Waals surface area contributed by atoms with Gasteiger partial charge in [-0.1, -0.05) is 39.0 Å². The molecule has 3 heteroatoms. The average molecular weight is 264 g/mol. The van der Waals surface area contributed by atoms with Crippen molar-refractivity contribution >= 4 is 5.97 Å². The van der Waals surface area contributed by atoms with Crippen LogP contribution in [0, 0.1) is 0 Å². The van der Waals surface area contributed by atoms with Gasteiger partial charge in [-0.3, -0.25) is 0 Å². The van der Waals surface area contributed by atoms with Crippen molar-refractivity contribution in [1.29, 1.82) is 0 Å². The van der Waals surface area contributed by atoms with Crippen LogP contribution in [0.25, 0.3) is 0 Å². The fourth-order valence-corrected chi connectivity index (χ4v) is 1.72. The van der Waals surface area contributed by atoms with Crippen molar-refractivity contribution in [2.45, 2.75) is 52.6 Å². The van der Waals surface area contributed by atoms with Crippen LogP contribution in [0.4, 0.5) is 0 Å². The van der Waals surface area contributed by atoms with Crippen LogP contribution in [0.2, 0.25) is 0 Å². The summed E-state index contributed by atoms with van der Waals surface area (Å²) in [6, 6.07) is 7.77. The molecule has 0 N–H and O–H groups in total. The van der Waals surface area contributed by atoms with Crippen molar-refractivity contribution in [3.05, 3.63) is 29.8 Å². The summed E-state index contributed by atoms with van der Waals surface area (Å²) in [5.74, 6) is 0.386. The van der Waals surface area contributed by atoms with Crippen molar-refractivity contribution in [2.75, 3.05) is 6.61 Å². The van der Waals surface area contributed by atoms with Crippen LogP contribution in [0.3, 0.4) is 0 Å². The van der Waals surface area contributed by atoms with Gasteiger partial charge in [-0.25, -0.2) is 4.79 Å². The molecule has 0 aliphatic carbocycles. The molecule has 1 aromatic carbocycles. The maximum absolute atomic E-state index is 11.6. The van der Waals surface area contributed by atoms with Crippen LogP contribution in [0.15, 0.2) is 24.3 Å². The fourth-order valence-electron chi connectivity index (χ4n) is 1.72. The van der Waals surface area contributed by atoms with Crippen LogP contribution in [0.5, 0.6) is 5.75 Å². The number of carbonyl (C=O) groups excluding carboxylic acids is 1. The lowest BCUT2D eigenvalue weighted by atomic mass is 9.86. The smallest absolute Gasteiger partial charge is 0.344 e. The van der Waals surface area contributed by atoms with E-state index >= 15 is 0 Å². The van der Waals surface area contributed by atoms with Gasteiger partial charge in [0, 0.05) is 0 Å². The first-order valence-corrected chi connectivity index (χ1v) is 6.54. The molecule has 19 heavy (non-hydrogen) atoms. The Hall–Kier alpha value is -1.51. The molecule has 0 spiro atoms. The third kappa shape index (κ3) is 5.33. The van der Waals surface area contributed by atoms with E-state index in [1.54, 1.807) is 0 Å². The molecule has 0 aliphatic heterocycles. The predicted molar refractivity (Wildman–Crippen MR) is 76.5 cm³/mol. The lowest BCUT2D eigenvalue weighted by Gasteiger charge is -2.23. The van der Waals surface area contributed by atoms with Gasteiger partial charge in [0.25, 0.3) is 0 Å². The third-order valence-electron chi connectivity index (χ3n) is 2.46. The minimum absolute atomic E-state index is 0.0233. The first kappa shape index (κ1) is 15.5. The number of ether oxygens (including phenoxy) is 2. The standard InChI is InChI=1S/C16H24O3/c1-15(2,3)12-9-7-8-10-13(12)18-11-14(17)19-16(4,5)6/h7-10H,11H2,1-6H3. The molecule has 0 heterocycles. The molecule has 0 atom stereocenters. The molecule has 3 nitrogen and oxygen atoms in total. The van der Waals surface area contributed by atoms with Crippen LogP contribution in [-0.2, 0) is 14.9 Å². The molecular formula is C16H24O3. The highest BCUT2D eigenvalue weighted by Gasteiger charge is 2.20. The number of hydrogen-bond donors (Lipinski definition) is 0. The van der Waals surface area contributed by atoms with Gasteiger partial charge >= 0.3 is 5.97 Å². The van der Waals surface area contributed by atoms with Crippen LogP contribution >= 0.6 is 0 Å². The molecule has 0 amide bonds. The van der Waals surface area contributed by atoms with E-state index in [4.69, 9.17) is 9.47 Å². The van der Waals surface area contributed by atoms with Gasteiger partial charge in [-0.15, -0.1) is 0 Å². The predicted octanol–water partition coefficient (Wildman–Crippen LogP) is 3.70. The highest BCUT2D eigenvalue weighted by molar-refractivity contribution is 5.71. The topological polar surface area (TPSA) is 35.5 Å². The number of hydrogen-bond acceptors (Lipinski definition) is 3. The normalized spacial score (nSPS) is 12.1. The molecule has 0 saturated carbocycles. The van der Waals surface area contributed by atoms with Gasteiger partial charge < -0.3 is 9.47 Å². The van der Waals surface area contributed by atoms with E-state index in [1.165, 1.54) is 0 Å². The minimum atomic E-state index is -0.482. The first-order chi connectivity index (χ1) is 8.59. The minimum Gasteiger partial charge on any atom is -0.482 e. The van der Waals surface area contributed by atoms with E-state index < -0.39 is 5.60 Å². The van der Waals surface area contributed by atoms with Gasteiger partial charge in [0.2, 0.25) is 0 Å². The van der Waals surface area contributed by atoms with Gasteiger partial charge in [0.05, 0.1) is 0 Å². The number of carbonyl (C=O) groups is 1. The number of para-hydroxylation sites is 1. The highest BCUT2D eigenvalue weighted by atomic mass is 16.6. The maximum Gasteiger partial charge on any atom is 0.344 e.